The molecule has 74 valence electrons. The molecule has 0 bridgehead atoms. The molecule has 0 aromatic rings. The van der Waals surface area contributed by atoms with Gasteiger partial charge < -0.3 is 9.84 Å². The number of carbonyl (C=O) groups is 1. The van der Waals surface area contributed by atoms with Crippen molar-refractivity contribution in [3.8, 4) is 0 Å². The van der Waals surface area contributed by atoms with Crippen LogP contribution in [0.25, 0.3) is 0 Å². The molecular formula is C10H16O3. The minimum Gasteiger partial charge on any atom is -0.462 e. The Morgan fingerprint density at radius 2 is 2.23 bits per heavy atom. The van der Waals surface area contributed by atoms with Crippen molar-refractivity contribution >= 4 is 5.97 Å². The molecule has 2 aliphatic rings. The molecule has 3 heteroatoms. The van der Waals surface area contributed by atoms with Crippen LogP contribution in [-0.4, -0.2) is 23.3 Å². The maximum absolute atomic E-state index is 11.5. The van der Waals surface area contributed by atoms with Gasteiger partial charge in [0.25, 0.3) is 0 Å². The SMILES string of the molecule is C[C@H]1C[C@H]2CCC[C@H](O)[C@H]2C(=O)O1. The highest BCUT2D eigenvalue weighted by Crippen LogP contribution is 2.38. The summed E-state index contributed by atoms with van der Waals surface area (Å²) >= 11 is 0. The first-order valence-corrected chi connectivity index (χ1v) is 5.07. The zero-order chi connectivity index (χ0) is 9.42. The van der Waals surface area contributed by atoms with Gasteiger partial charge in [-0.2, -0.15) is 0 Å². The van der Waals surface area contributed by atoms with Gasteiger partial charge in [0, 0.05) is 0 Å². The van der Waals surface area contributed by atoms with Crippen molar-refractivity contribution in [2.24, 2.45) is 11.8 Å². The van der Waals surface area contributed by atoms with E-state index in [2.05, 4.69) is 0 Å². The lowest BCUT2D eigenvalue weighted by Crippen LogP contribution is -2.45. The number of rotatable bonds is 0. The van der Waals surface area contributed by atoms with Crippen molar-refractivity contribution in [1.82, 2.24) is 0 Å². The van der Waals surface area contributed by atoms with Crippen molar-refractivity contribution in [3.05, 3.63) is 0 Å². The van der Waals surface area contributed by atoms with Gasteiger partial charge in [-0.1, -0.05) is 6.42 Å². The maximum atomic E-state index is 11.5. The normalized spacial score (nSPS) is 45.2. The van der Waals surface area contributed by atoms with Crippen LogP contribution in [0.15, 0.2) is 0 Å². The van der Waals surface area contributed by atoms with E-state index in [1.54, 1.807) is 0 Å². The number of ether oxygens (including phenoxy) is 1. The first-order chi connectivity index (χ1) is 6.18. The van der Waals surface area contributed by atoms with Crippen molar-refractivity contribution in [2.75, 3.05) is 0 Å². The van der Waals surface area contributed by atoms with E-state index in [9.17, 15) is 9.90 Å². The highest BCUT2D eigenvalue weighted by Gasteiger charge is 2.43. The summed E-state index contributed by atoms with van der Waals surface area (Å²) in [6.07, 6.45) is 3.37. The summed E-state index contributed by atoms with van der Waals surface area (Å²) in [4.78, 5) is 11.5. The summed E-state index contributed by atoms with van der Waals surface area (Å²) in [6, 6.07) is 0. The predicted molar refractivity (Wildman–Crippen MR) is 47.0 cm³/mol. The fourth-order valence-corrected chi connectivity index (χ4v) is 2.63. The summed E-state index contributed by atoms with van der Waals surface area (Å²) in [7, 11) is 0. The van der Waals surface area contributed by atoms with Gasteiger partial charge >= 0.3 is 5.97 Å². The number of cyclic esters (lactones) is 1. The molecule has 1 aliphatic heterocycles. The Morgan fingerprint density at radius 3 is 3.00 bits per heavy atom. The van der Waals surface area contributed by atoms with Gasteiger partial charge in [0.15, 0.2) is 0 Å². The van der Waals surface area contributed by atoms with E-state index in [4.69, 9.17) is 4.74 Å². The molecule has 2 fully saturated rings. The Balaban J connectivity index is 2.13. The van der Waals surface area contributed by atoms with Crippen LogP contribution in [0.3, 0.4) is 0 Å². The Labute approximate surface area is 78.1 Å². The standard InChI is InChI=1S/C10H16O3/c1-6-5-7-3-2-4-8(11)9(7)10(12)13-6/h6-9,11H,2-5H2,1H3/t6-,7+,8-,9-/m0/s1. The molecule has 4 atom stereocenters. The van der Waals surface area contributed by atoms with Gasteiger partial charge in [-0.3, -0.25) is 4.79 Å². The molecule has 13 heavy (non-hydrogen) atoms. The lowest BCUT2D eigenvalue weighted by molar-refractivity contribution is -0.173. The van der Waals surface area contributed by atoms with Crippen LogP contribution in [0, 0.1) is 11.8 Å². The molecular weight excluding hydrogens is 168 g/mol. The third-order valence-electron chi connectivity index (χ3n) is 3.22. The number of hydrogen-bond donors (Lipinski definition) is 1. The second-order valence-corrected chi connectivity index (χ2v) is 4.27. The Hall–Kier alpha value is -0.570. The van der Waals surface area contributed by atoms with Crippen LogP contribution in [-0.2, 0) is 9.53 Å². The largest absolute Gasteiger partial charge is 0.462 e. The van der Waals surface area contributed by atoms with E-state index < -0.39 is 6.10 Å². The zero-order valence-electron chi connectivity index (χ0n) is 7.90. The van der Waals surface area contributed by atoms with Gasteiger partial charge in [-0.15, -0.1) is 0 Å². The monoisotopic (exact) mass is 184 g/mol. The number of hydrogen-bond acceptors (Lipinski definition) is 3. The molecule has 0 aromatic heterocycles. The molecule has 1 aliphatic carbocycles. The van der Waals surface area contributed by atoms with E-state index in [1.165, 1.54) is 0 Å². The van der Waals surface area contributed by atoms with Gasteiger partial charge in [0.05, 0.1) is 18.1 Å². The summed E-state index contributed by atoms with van der Waals surface area (Å²) in [6.45, 7) is 1.93. The highest BCUT2D eigenvalue weighted by atomic mass is 16.5. The van der Waals surface area contributed by atoms with Gasteiger partial charge in [-0.05, 0) is 32.1 Å². The average Bonchev–Trinajstić information content (AvgIpc) is 2.02. The van der Waals surface area contributed by atoms with Crippen LogP contribution in [0.2, 0.25) is 0 Å². The minimum absolute atomic E-state index is 0.0408. The number of carbonyl (C=O) groups excluding carboxylic acids is 1. The average molecular weight is 184 g/mol. The summed E-state index contributed by atoms with van der Waals surface area (Å²) < 4.78 is 5.13. The van der Waals surface area contributed by atoms with E-state index >= 15 is 0 Å². The Kier molecular flexibility index (Phi) is 2.28. The molecule has 3 nitrogen and oxygen atoms in total. The Morgan fingerprint density at radius 1 is 1.46 bits per heavy atom. The minimum atomic E-state index is -0.459. The molecule has 0 amide bonds. The van der Waals surface area contributed by atoms with Crippen LogP contribution in [0.5, 0.6) is 0 Å². The van der Waals surface area contributed by atoms with E-state index in [1.807, 2.05) is 6.92 Å². The number of aliphatic hydroxyl groups excluding tert-OH is 1. The zero-order valence-corrected chi connectivity index (χ0v) is 7.90. The first kappa shape index (κ1) is 9.00. The van der Waals surface area contributed by atoms with E-state index in [-0.39, 0.29) is 18.0 Å². The molecule has 1 saturated heterocycles. The van der Waals surface area contributed by atoms with Gasteiger partial charge in [0.1, 0.15) is 0 Å². The van der Waals surface area contributed by atoms with Crippen LogP contribution in [0.1, 0.15) is 32.6 Å². The summed E-state index contributed by atoms with van der Waals surface area (Å²) in [5.74, 6) is -0.0547. The molecule has 0 radical (unpaired) electrons. The maximum Gasteiger partial charge on any atom is 0.312 e. The lowest BCUT2D eigenvalue weighted by atomic mass is 9.73. The van der Waals surface area contributed by atoms with Crippen LogP contribution >= 0.6 is 0 Å². The molecule has 2 rings (SSSR count). The third-order valence-corrected chi connectivity index (χ3v) is 3.22. The third kappa shape index (κ3) is 1.57. The number of fused-ring (bicyclic) bond motifs is 1. The van der Waals surface area contributed by atoms with Gasteiger partial charge in [-0.25, -0.2) is 0 Å². The first-order valence-electron chi connectivity index (χ1n) is 5.07. The quantitative estimate of drug-likeness (QED) is 0.573. The van der Waals surface area contributed by atoms with E-state index in [0.717, 1.165) is 25.7 Å². The smallest absolute Gasteiger partial charge is 0.312 e. The van der Waals surface area contributed by atoms with Crippen molar-refractivity contribution in [2.45, 2.75) is 44.8 Å². The fraction of sp³-hybridized carbons (Fsp3) is 0.900. The summed E-state index contributed by atoms with van der Waals surface area (Å²) in [5.41, 5.74) is 0. The van der Waals surface area contributed by atoms with E-state index in [0.29, 0.717) is 5.92 Å². The van der Waals surface area contributed by atoms with Crippen molar-refractivity contribution < 1.29 is 14.6 Å². The Bertz CT molecular complexity index is 214. The van der Waals surface area contributed by atoms with Gasteiger partial charge in [0.2, 0.25) is 0 Å². The highest BCUT2D eigenvalue weighted by molar-refractivity contribution is 5.74. The molecule has 0 unspecified atom stereocenters. The van der Waals surface area contributed by atoms with Crippen LogP contribution < -0.4 is 0 Å². The van der Waals surface area contributed by atoms with Crippen molar-refractivity contribution in [3.63, 3.8) is 0 Å². The molecule has 1 N–H and O–H groups in total. The molecule has 1 saturated carbocycles. The molecule has 0 spiro atoms. The fourth-order valence-electron chi connectivity index (χ4n) is 2.63. The topological polar surface area (TPSA) is 46.5 Å². The molecule has 1 heterocycles. The second-order valence-electron chi connectivity index (χ2n) is 4.27. The van der Waals surface area contributed by atoms with Crippen molar-refractivity contribution in [1.29, 1.82) is 0 Å². The summed E-state index contributed by atoms with van der Waals surface area (Å²) in [5, 5.41) is 9.66. The number of esters is 1. The second kappa shape index (κ2) is 3.29. The van der Waals surface area contributed by atoms with Crippen LogP contribution in [0.4, 0.5) is 0 Å². The molecule has 0 aromatic carbocycles. The lowest BCUT2D eigenvalue weighted by Gasteiger charge is -2.39. The number of aliphatic hydroxyl groups is 1. The predicted octanol–water partition coefficient (Wildman–Crippen LogP) is 1.10.